The molecule has 22 heavy (non-hydrogen) atoms. The summed E-state index contributed by atoms with van der Waals surface area (Å²) in [5.74, 6) is 0.840. The number of hydrogen-bond acceptors (Lipinski definition) is 5. The van der Waals surface area contributed by atoms with Gasteiger partial charge in [0.25, 0.3) is 0 Å². The van der Waals surface area contributed by atoms with Crippen molar-refractivity contribution in [3.8, 4) is 0 Å². The van der Waals surface area contributed by atoms with E-state index in [0.717, 1.165) is 45.1 Å². The highest BCUT2D eigenvalue weighted by Gasteiger charge is 2.20. The molecule has 0 bridgehead atoms. The van der Waals surface area contributed by atoms with Gasteiger partial charge in [0, 0.05) is 38.4 Å². The van der Waals surface area contributed by atoms with Gasteiger partial charge in [-0.1, -0.05) is 0 Å². The molecule has 1 amide bonds. The molecule has 2 N–H and O–H groups in total. The quantitative estimate of drug-likeness (QED) is 0.747. The van der Waals surface area contributed by atoms with Crippen molar-refractivity contribution in [1.82, 2.24) is 15.3 Å². The van der Waals surface area contributed by atoms with E-state index >= 15 is 0 Å². The molecule has 0 atom stereocenters. The van der Waals surface area contributed by atoms with Gasteiger partial charge in [0.1, 0.15) is 0 Å². The van der Waals surface area contributed by atoms with Crippen molar-refractivity contribution in [3.63, 3.8) is 0 Å². The average Bonchev–Trinajstić information content (AvgIpc) is 2.54. The summed E-state index contributed by atoms with van der Waals surface area (Å²) >= 11 is 0. The van der Waals surface area contributed by atoms with E-state index in [9.17, 15) is 9.90 Å². The molecular formula is C16H26N4O2. The first-order valence-electron chi connectivity index (χ1n) is 8.10. The maximum atomic E-state index is 11.9. The van der Waals surface area contributed by atoms with Gasteiger partial charge in [-0.05, 0) is 44.6 Å². The lowest BCUT2D eigenvalue weighted by Crippen LogP contribution is -2.38. The first kappa shape index (κ1) is 16.7. The van der Waals surface area contributed by atoms with Crippen LogP contribution in [0.4, 0.5) is 5.95 Å². The fraction of sp³-hybridized carbons (Fsp3) is 0.688. The number of carbonyl (C=O) groups is 1. The second-order valence-corrected chi connectivity index (χ2v) is 6.00. The minimum Gasteiger partial charge on any atom is -0.393 e. The summed E-state index contributed by atoms with van der Waals surface area (Å²) in [5.41, 5.74) is 0. The molecular weight excluding hydrogens is 280 g/mol. The molecule has 0 saturated heterocycles. The molecule has 0 unspecified atom stereocenters. The van der Waals surface area contributed by atoms with Crippen LogP contribution in [0.1, 0.15) is 44.9 Å². The van der Waals surface area contributed by atoms with Gasteiger partial charge in [-0.15, -0.1) is 0 Å². The lowest BCUT2D eigenvalue weighted by molar-refractivity contribution is -0.122. The lowest BCUT2D eigenvalue weighted by Gasteiger charge is -2.26. The van der Waals surface area contributed by atoms with E-state index in [0.29, 0.717) is 12.4 Å². The molecule has 0 aromatic carbocycles. The minimum atomic E-state index is -0.177. The zero-order valence-electron chi connectivity index (χ0n) is 13.2. The topological polar surface area (TPSA) is 78.4 Å². The third kappa shape index (κ3) is 5.60. The molecule has 1 aromatic rings. The molecule has 6 nitrogen and oxygen atoms in total. The summed E-state index contributed by atoms with van der Waals surface area (Å²) in [5, 5.41) is 12.5. The number of rotatable bonds is 7. The van der Waals surface area contributed by atoms with E-state index in [1.54, 1.807) is 18.5 Å². The van der Waals surface area contributed by atoms with Crippen LogP contribution in [0, 0.1) is 0 Å². The van der Waals surface area contributed by atoms with Crippen molar-refractivity contribution >= 4 is 11.9 Å². The number of nitrogens with zero attached hydrogens (tertiary/aromatic N) is 3. The highest BCUT2D eigenvalue weighted by Crippen LogP contribution is 2.18. The summed E-state index contributed by atoms with van der Waals surface area (Å²) in [6.45, 7) is 0.840. The molecule has 0 spiro atoms. The Morgan fingerprint density at radius 2 is 1.95 bits per heavy atom. The Balaban J connectivity index is 1.57. The number of anilines is 1. The zero-order valence-corrected chi connectivity index (χ0v) is 13.2. The predicted octanol–water partition coefficient (Wildman–Crippen LogP) is 1.50. The van der Waals surface area contributed by atoms with Crippen LogP contribution in [0.2, 0.25) is 0 Å². The summed E-state index contributed by atoms with van der Waals surface area (Å²) in [6.07, 6.45) is 9.01. The van der Waals surface area contributed by atoms with Gasteiger partial charge in [-0.3, -0.25) is 4.79 Å². The average molecular weight is 306 g/mol. The van der Waals surface area contributed by atoms with Crippen molar-refractivity contribution < 1.29 is 9.90 Å². The lowest BCUT2D eigenvalue weighted by atomic mass is 9.93. The van der Waals surface area contributed by atoms with Gasteiger partial charge >= 0.3 is 0 Å². The number of amides is 1. The molecule has 2 rings (SSSR count). The Morgan fingerprint density at radius 1 is 1.27 bits per heavy atom. The first-order valence-corrected chi connectivity index (χ1v) is 8.10. The molecule has 0 radical (unpaired) electrons. The molecule has 1 aliphatic rings. The van der Waals surface area contributed by atoms with E-state index in [1.807, 2.05) is 11.9 Å². The Labute approximate surface area is 132 Å². The second-order valence-electron chi connectivity index (χ2n) is 6.00. The third-order valence-corrected chi connectivity index (χ3v) is 4.10. The van der Waals surface area contributed by atoms with Crippen molar-refractivity contribution in [2.24, 2.45) is 0 Å². The molecule has 1 aromatic heterocycles. The number of aromatic nitrogens is 2. The van der Waals surface area contributed by atoms with Crippen LogP contribution in [-0.2, 0) is 4.79 Å². The maximum absolute atomic E-state index is 11.9. The van der Waals surface area contributed by atoms with Gasteiger partial charge in [0.2, 0.25) is 11.9 Å². The first-order chi connectivity index (χ1) is 10.6. The third-order valence-electron chi connectivity index (χ3n) is 4.10. The van der Waals surface area contributed by atoms with Crippen molar-refractivity contribution in [2.45, 2.75) is 57.1 Å². The Kier molecular flexibility index (Phi) is 6.58. The van der Waals surface area contributed by atoms with Crippen molar-refractivity contribution in [1.29, 1.82) is 0 Å². The number of aliphatic hydroxyl groups is 1. The fourth-order valence-corrected chi connectivity index (χ4v) is 2.74. The largest absolute Gasteiger partial charge is 0.393 e. The number of unbranched alkanes of at least 4 members (excludes halogenated alkanes) is 1. The molecule has 1 saturated carbocycles. The molecule has 1 heterocycles. The van der Waals surface area contributed by atoms with Crippen LogP contribution >= 0.6 is 0 Å². The number of carbonyl (C=O) groups excluding carboxylic acids is 1. The van der Waals surface area contributed by atoms with Crippen LogP contribution in [0.15, 0.2) is 18.5 Å². The summed E-state index contributed by atoms with van der Waals surface area (Å²) in [7, 11) is 1.96. The summed E-state index contributed by atoms with van der Waals surface area (Å²) in [6, 6.07) is 2.04. The van der Waals surface area contributed by atoms with E-state index < -0.39 is 0 Å². The van der Waals surface area contributed by atoms with Crippen molar-refractivity contribution in [3.05, 3.63) is 18.5 Å². The Bertz CT molecular complexity index is 447. The highest BCUT2D eigenvalue weighted by atomic mass is 16.3. The Hall–Kier alpha value is -1.69. The molecule has 1 aliphatic carbocycles. The number of hydrogen-bond donors (Lipinski definition) is 2. The second kappa shape index (κ2) is 8.68. The normalized spacial score (nSPS) is 21.4. The van der Waals surface area contributed by atoms with Gasteiger partial charge < -0.3 is 15.3 Å². The predicted molar refractivity (Wildman–Crippen MR) is 85.6 cm³/mol. The van der Waals surface area contributed by atoms with Crippen molar-refractivity contribution in [2.75, 3.05) is 18.5 Å². The van der Waals surface area contributed by atoms with Gasteiger partial charge in [0.05, 0.1) is 6.10 Å². The van der Waals surface area contributed by atoms with E-state index in [2.05, 4.69) is 15.3 Å². The summed E-state index contributed by atoms with van der Waals surface area (Å²) < 4.78 is 0. The maximum Gasteiger partial charge on any atom is 0.224 e. The zero-order chi connectivity index (χ0) is 15.8. The summed E-state index contributed by atoms with van der Waals surface area (Å²) in [4.78, 5) is 22.3. The smallest absolute Gasteiger partial charge is 0.224 e. The standard InChI is InChI=1S/C16H26N4O2/c1-20(16-17-10-4-11-18-16)12-3-2-5-15(22)19-13-6-8-14(21)9-7-13/h4,10-11,13-14,21H,2-3,5-9,12H2,1H3,(H,19,22). The molecule has 6 heteroatoms. The van der Waals surface area contributed by atoms with Crippen LogP contribution in [0.5, 0.6) is 0 Å². The Morgan fingerprint density at radius 3 is 2.64 bits per heavy atom. The minimum absolute atomic E-state index is 0.125. The van der Waals surface area contributed by atoms with E-state index in [1.165, 1.54) is 0 Å². The van der Waals surface area contributed by atoms with Crippen LogP contribution in [-0.4, -0.2) is 46.7 Å². The number of nitrogens with one attached hydrogen (secondary N) is 1. The van der Waals surface area contributed by atoms with Crippen LogP contribution in [0.3, 0.4) is 0 Å². The molecule has 1 fully saturated rings. The molecule has 122 valence electrons. The monoisotopic (exact) mass is 306 g/mol. The SMILES string of the molecule is CN(CCCCC(=O)NC1CCC(O)CC1)c1ncccn1. The molecule has 0 aliphatic heterocycles. The van der Waals surface area contributed by atoms with E-state index in [-0.39, 0.29) is 18.1 Å². The van der Waals surface area contributed by atoms with Gasteiger partial charge in [-0.25, -0.2) is 9.97 Å². The van der Waals surface area contributed by atoms with Gasteiger partial charge in [-0.2, -0.15) is 0 Å². The van der Waals surface area contributed by atoms with Gasteiger partial charge in [0.15, 0.2) is 0 Å². The van der Waals surface area contributed by atoms with Crippen LogP contribution in [0.25, 0.3) is 0 Å². The fourth-order valence-electron chi connectivity index (χ4n) is 2.74. The van der Waals surface area contributed by atoms with E-state index in [4.69, 9.17) is 0 Å². The highest BCUT2D eigenvalue weighted by molar-refractivity contribution is 5.76. The number of aliphatic hydroxyl groups excluding tert-OH is 1. The van der Waals surface area contributed by atoms with Crippen LogP contribution < -0.4 is 10.2 Å².